The van der Waals surface area contributed by atoms with Gasteiger partial charge >= 0.3 is 5.97 Å². The third-order valence-electron chi connectivity index (χ3n) is 5.04. The third-order valence-corrected chi connectivity index (χ3v) is 5.04. The van der Waals surface area contributed by atoms with Gasteiger partial charge in [0.05, 0.1) is 25.9 Å². The van der Waals surface area contributed by atoms with Gasteiger partial charge < -0.3 is 24.1 Å². The van der Waals surface area contributed by atoms with Gasteiger partial charge in [0.15, 0.2) is 6.61 Å². The number of nitrogens with one attached hydrogen (secondary N) is 1. The first-order valence-electron chi connectivity index (χ1n) is 9.93. The second-order valence-electron chi connectivity index (χ2n) is 7.29. The number of carbonyl (C=O) groups is 2. The van der Waals surface area contributed by atoms with Crippen LogP contribution in [0.3, 0.4) is 0 Å². The van der Waals surface area contributed by atoms with Crippen LogP contribution in [0.1, 0.15) is 11.1 Å². The van der Waals surface area contributed by atoms with E-state index in [1.54, 1.807) is 6.26 Å². The molecule has 7 heteroatoms. The summed E-state index contributed by atoms with van der Waals surface area (Å²) in [5.74, 6) is -0.855. The number of rotatable bonds is 6. The fraction of sp³-hybridized carbons (Fsp3) is 0.304. The monoisotopic (exact) mass is 408 g/mol. The highest BCUT2D eigenvalue weighted by atomic mass is 16.5. The number of morpholine rings is 1. The molecule has 1 aliphatic rings. The van der Waals surface area contributed by atoms with Gasteiger partial charge in [-0.05, 0) is 42.8 Å². The Bertz CT molecular complexity index is 1040. The molecule has 1 N–H and O–H groups in total. The molecule has 156 valence electrons. The van der Waals surface area contributed by atoms with Gasteiger partial charge in [0.25, 0.3) is 5.91 Å². The minimum absolute atomic E-state index is 0.0532. The Kier molecular flexibility index (Phi) is 5.99. The van der Waals surface area contributed by atoms with Crippen LogP contribution >= 0.6 is 0 Å². The van der Waals surface area contributed by atoms with Crippen molar-refractivity contribution in [3.8, 4) is 0 Å². The lowest BCUT2D eigenvalue weighted by atomic mass is 10.1. The topological polar surface area (TPSA) is 81.0 Å². The number of benzene rings is 2. The molecule has 3 aromatic rings. The Morgan fingerprint density at radius 3 is 2.63 bits per heavy atom. The minimum atomic E-state index is -0.476. The molecule has 0 saturated carbocycles. The van der Waals surface area contributed by atoms with Crippen LogP contribution in [-0.4, -0.2) is 44.8 Å². The standard InChI is InChI=1S/C23H24N2O5/c1-16-2-7-20-17(14-29-21(20)12-16)13-23(27)30-15-22(26)24-18-3-5-19(6-4-18)25-8-10-28-11-9-25/h2-7,12,14H,8-11,13,15H2,1H3,(H,24,26). The summed E-state index contributed by atoms with van der Waals surface area (Å²) in [5.41, 5.74) is 4.31. The van der Waals surface area contributed by atoms with Crippen molar-refractivity contribution >= 4 is 34.2 Å². The van der Waals surface area contributed by atoms with Gasteiger partial charge in [-0.3, -0.25) is 9.59 Å². The van der Waals surface area contributed by atoms with Crippen molar-refractivity contribution in [2.75, 3.05) is 43.1 Å². The van der Waals surface area contributed by atoms with E-state index in [1.807, 2.05) is 49.4 Å². The number of amides is 1. The lowest BCUT2D eigenvalue weighted by Crippen LogP contribution is -2.36. The molecule has 0 aliphatic carbocycles. The molecule has 7 nitrogen and oxygen atoms in total. The number of aryl methyl sites for hydroxylation is 1. The summed E-state index contributed by atoms with van der Waals surface area (Å²) < 4.78 is 16.0. The highest BCUT2D eigenvalue weighted by molar-refractivity contribution is 5.93. The normalized spacial score (nSPS) is 14.0. The lowest BCUT2D eigenvalue weighted by molar-refractivity contribution is -0.146. The van der Waals surface area contributed by atoms with Crippen LogP contribution in [0.25, 0.3) is 11.0 Å². The summed E-state index contributed by atoms with van der Waals surface area (Å²) in [6.45, 7) is 4.79. The second kappa shape index (κ2) is 9.00. The maximum Gasteiger partial charge on any atom is 0.310 e. The summed E-state index contributed by atoms with van der Waals surface area (Å²) in [4.78, 5) is 26.5. The largest absolute Gasteiger partial charge is 0.464 e. The number of nitrogens with zero attached hydrogens (tertiary/aromatic N) is 1. The minimum Gasteiger partial charge on any atom is -0.464 e. The fourth-order valence-electron chi connectivity index (χ4n) is 3.45. The lowest BCUT2D eigenvalue weighted by Gasteiger charge is -2.28. The van der Waals surface area contributed by atoms with Gasteiger partial charge in [-0.2, -0.15) is 0 Å². The van der Waals surface area contributed by atoms with Crippen LogP contribution in [0.15, 0.2) is 53.1 Å². The molecule has 0 spiro atoms. The van der Waals surface area contributed by atoms with Crippen LogP contribution in [-0.2, 0) is 25.5 Å². The van der Waals surface area contributed by atoms with E-state index in [2.05, 4.69) is 10.2 Å². The predicted molar refractivity (Wildman–Crippen MR) is 114 cm³/mol. The fourth-order valence-corrected chi connectivity index (χ4v) is 3.45. The zero-order chi connectivity index (χ0) is 20.9. The van der Waals surface area contributed by atoms with Gasteiger partial charge in [0, 0.05) is 35.4 Å². The number of furan rings is 1. The SMILES string of the molecule is Cc1ccc2c(CC(=O)OCC(=O)Nc3ccc(N4CCOCC4)cc3)coc2c1. The molecule has 0 atom stereocenters. The molecule has 0 bridgehead atoms. The van der Waals surface area contributed by atoms with Crippen molar-refractivity contribution in [1.82, 2.24) is 0 Å². The van der Waals surface area contributed by atoms with Crippen molar-refractivity contribution in [2.24, 2.45) is 0 Å². The highest BCUT2D eigenvalue weighted by Crippen LogP contribution is 2.23. The van der Waals surface area contributed by atoms with E-state index in [1.165, 1.54) is 0 Å². The highest BCUT2D eigenvalue weighted by Gasteiger charge is 2.14. The molecule has 2 aromatic carbocycles. The molecule has 1 saturated heterocycles. The van der Waals surface area contributed by atoms with E-state index in [0.29, 0.717) is 5.69 Å². The molecule has 4 rings (SSSR count). The summed E-state index contributed by atoms with van der Waals surface area (Å²) >= 11 is 0. The van der Waals surface area contributed by atoms with Crippen molar-refractivity contribution in [2.45, 2.75) is 13.3 Å². The van der Waals surface area contributed by atoms with E-state index < -0.39 is 5.97 Å². The van der Waals surface area contributed by atoms with Crippen molar-refractivity contribution in [3.63, 3.8) is 0 Å². The van der Waals surface area contributed by atoms with Crippen molar-refractivity contribution in [1.29, 1.82) is 0 Å². The van der Waals surface area contributed by atoms with Crippen LogP contribution in [0.4, 0.5) is 11.4 Å². The summed E-state index contributed by atoms with van der Waals surface area (Å²) in [6.07, 6.45) is 1.61. The van der Waals surface area contributed by atoms with Crippen LogP contribution < -0.4 is 10.2 Å². The molecular weight excluding hydrogens is 384 g/mol. The van der Waals surface area contributed by atoms with Gasteiger partial charge in [-0.1, -0.05) is 12.1 Å². The Morgan fingerprint density at radius 1 is 1.10 bits per heavy atom. The van der Waals surface area contributed by atoms with Gasteiger partial charge in [0.2, 0.25) is 0 Å². The molecule has 1 fully saturated rings. The average molecular weight is 408 g/mol. The Labute approximate surface area is 174 Å². The number of esters is 1. The molecule has 1 aliphatic heterocycles. The van der Waals surface area contributed by atoms with E-state index in [0.717, 1.165) is 54.1 Å². The number of carbonyl (C=O) groups excluding carboxylic acids is 2. The molecular formula is C23H24N2O5. The number of hydrogen-bond donors (Lipinski definition) is 1. The summed E-state index contributed by atoms with van der Waals surface area (Å²) in [7, 11) is 0. The number of anilines is 2. The van der Waals surface area contributed by atoms with Crippen LogP contribution in [0.2, 0.25) is 0 Å². The van der Waals surface area contributed by atoms with Crippen LogP contribution in [0.5, 0.6) is 0 Å². The molecule has 1 amide bonds. The summed E-state index contributed by atoms with van der Waals surface area (Å²) in [6, 6.07) is 13.4. The zero-order valence-corrected chi connectivity index (χ0v) is 16.8. The molecule has 0 unspecified atom stereocenters. The Balaban J connectivity index is 1.26. The number of fused-ring (bicyclic) bond motifs is 1. The van der Waals surface area contributed by atoms with Crippen molar-refractivity contribution < 1.29 is 23.5 Å². The Morgan fingerprint density at radius 2 is 1.87 bits per heavy atom. The van der Waals surface area contributed by atoms with Gasteiger partial charge in [-0.25, -0.2) is 0 Å². The molecule has 1 aromatic heterocycles. The van der Waals surface area contributed by atoms with E-state index in [9.17, 15) is 9.59 Å². The maximum atomic E-state index is 12.1. The van der Waals surface area contributed by atoms with E-state index in [-0.39, 0.29) is 18.9 Å². The molecule has 0 radical (unpaired) electrons. The van der Waals surface area contributed by atoms with Crippen molar-refractivity contribution in [3.05, 3.63) is 59.9 Å². The van der Waals surface area contributed by atoms with E-state index >= 15 is 0 Å². The number of hydrogen-bond acceptors (Lipinski definition) is 6. The Hall–Kier alpha value is -3.32. The first kappa shape index (κ1) is 20.0. The molecule has 2 heterocycles. The molecule has 30 heavy (non-hydrogen) atoms. The smallest absolute Gasteiger partial charge is 0.310 e. The quantitative estimate of drug-likeness (QED) is 0.631. The number of ether oxygens (including phenoxy) is 2. The van der Waals surface area contributed by atoms with E-state index in [4.69, 9.17) is 13.9 Å². The first-order valence-corrected chi connectivity index (χ1v) is 9.93. The second-order valence-corrected chi connectivity index (χ2v) is 7.29. The maximum absolute atomic E-state index is 12.1. The average Bonchev–Trinajstić information content (AvgIpc) is 3.15. The third kappa shape index (κ3) is 4.80. The van der Waals surface area contributed by atoms with Crippen LogP contribution in [0, 0.1) is 6.92 Å². The summed E-state index contributed by atoms with van der Waals surface area (Å²) in [5, 5.41) is 3.62. The first-order chi connectivity index (χ1) is 14.6. The van der Waals surface area contributed by atoms with Gasteiger partial charge in [-0.15, -0.1) is 0 Å². The predicted octanol–water partition coefficient (Wildman–Crippen LogP) is 3.30. The zero-order valence-electron chi connectivity index (χ0n) is 16.8. The van der Waals surface area contributed by atoms with Gasteiger partial charge in [0.1, 0.15) is 5.58 Å².